The molecule has 4 heteroatoms. The molecule has 0 radical (unpaired) electrons. The highest BCUT2D eigenvalue weighted by atomic mass is 16.3. The van der Waals surface area contributed by atoms with Gasteiger partial charge in [0.2, 0.25) is 0 Å². The van der Waals surface area contributed by atoms with Gasteiger partial charge in [0.15, 0.2) is 0 Å². The second-order valence-electron chi connectivity index (χ2n) is 3.42. The topological polar surface area (TPSA) is 61.9 Å². The van der Waals surface area contributed by atoms with E-state index >= 15 is 0 Å². The van der Waals surface area contributed by atoms with E-state index in [2.05, 4.69) is 22.2 Å². The van der Waals surface area contributed by atoms with E-state index in [9.17, 15) is 0 Å². The fourth-order valence-electron chi connectivity index (χ4n) is 1.50. The molecule has 80 valence electrons. The van der Waals surface area contributed by atoms with E-state index in [-0.39, 0.29) is 6.54 Å². The van der Waals surface area contributed by atoms with Crippen molar-refractivity contribution in [1.29, 1.82) is 0 Å². The van der Waals surface area contributed by atoms with E-state index in [4.69, 9.17) is 9.95 Å². The summed E-state index contributed by atoms with van der Waals surface area (Å²) >= 11 is 0. The zero-order valence-corrected chi connectivity index (χ0v) is 8.71. The van der Waals surface area contributed by atoms with Crippen molar-refractivity contribution >= 4 is 0 Å². The van der Waals surface area contributed by atoms with Crippen LogP contribution in [0.1, 0.15) is 17.1 Å². The van der Waals surface area contributed by atoms with E-state index in [0.717, 1.165) is 12.2 Å². The highest BCUT2D eigenvalue weighted by Gasteiger charge is 2.01. The number of rotatable bonds is 4. The Bertz CT molecular complexity index is 498. The molecule has 2 aromatic rings. The molecule has 0 aliphatic rings. The molecule has 0 fully saturated rings. The SMILES string of the molecule is [N-]=[N+]=NCc1ccc(Cc2ccccc2)o1. The first-order valence-electron chi connectivity index (χ1n) is 5.01. The van der Waals surface area contributed by atoms with Crippen molar-refractivity contribution in [2.45, 2.75) is 13.0 Å². The van der Waals surface area contributed by atoms with Gasteiger partial charge in [-0.25, -0.2) is 0 Å². The summed E-state index contributed by atoms with van der Waals surface area (Å²) in [6.45, 7) is 0.269. The first-order chi connectivity index (χ1) is 7.88. The summed E-state index contributed by atoms with van der Waals surface area (Å²) in [5.41, 5.74) is 9.39. The Hall–Kier alpha value is -2.19. The van der Waals surface area contributed by atoms with Crippen LogP contribution in [-0.2, 0) is 13.0 Å². The van der Waals surface area contributed by atoms with E-state index in [1.165, 1.54) is 5.56 Å². The fourth-order valence-corrected chi connectivity index (χ4v) is 1.50. The third-order valence-electron chi connectivity index (χ3n) is 2.23. The third kappa shape index (κ3) is 2.65. The normalized spacial score (nSPS) is 9.75. The molecule has 0 saturated carbocycles. The molecule has 0 aliphatic heterocycles. The second-order valence-corrected chi connectivity index (χ2v) is 3.42. The molecule has 0 amide bonds. The van der Waals surface area contributed by atoms with Crippen LogP contribution >= 0.6 is 0 Å². The summed E-state index contributed by atoms with van der Waals surface area (Å²) in [6.07, 6.45) is 0.761. The summed E-state index contributed by atoms with van der Waals surface area (Å²) < 4.78 is 5.52. The highest BCUT2D eigenvalue weighted by molar-refractivity contribution is 5.21. The van der Waals surface area contributed by atoms with Gasteiger partial charge < -0.3 is 4.42 Å². The second kappa shape index (κ2) is 5.05. The van der Waals surface area contributed by atoms with Crippen molar-refractivity contribution < 1.29 is 4.42 Å². The number of furan rings is 1. The van der Waals surface area contributed by atoms with Gasteiger partial charge in [0, 0.05) is 11.3 Å². The zero-order valence-electron chi connectivity index (χ0n) is 8.71. The van der Waals surface area contributed by atoms with Crippen LogP contribution < -0.4 is 0 Å². The predicted octanol–water partition coefficient (Wildman–Crippen LogP) is 3.68. The van der Waals surface area contributed by atoms with Crippen molar-refractivity contribution in [1.82, 2.24) is 0 Å². The lowest BCUT2D eigenvalue weighted by Crippen LogP contribution is -1.84. The van der Waals surface area contributed by atoms with E-state index < -0.39 is 0 Å². The third-order valence-corrected chi connectivity index (χ3v) is 2.23. The van der Waals surface area contributed by atoms with Gasteiger partial charge in [-0.3, -0.25) is 0 Å². The van der Waals surface area contributed by atoms with Crippen LogP contribution in [0.15, 0.2) is 52.0 Å². The van der Waals surface area contributed by atoms with Crippen LogP contribution in [0.2, 0.25) is 0 Å². The lowest BCUT2D eigenvalue weighted by molar-refractivity contribution is 0.475. The monoisotopic (exact) mass is 213 g/mol. The Labute approximate surface area is 93.1 Å². The Morgan fingerprint density at radius 2 is 1.81 bits per heavy atom. The summed E-state index contributed by atoms with van der Waals surface area (Å²) in [6, 6.07) is 13.8. The van der Waals surface area contributed by atoms with Crippen molar-refractivity contribution in [2.75, 3.05) is 0 Å². The summed E-state index contributed by atoms with van der Waals surface area (Å²) in [4.78, 5) is 2.69. The van der Waals surface area contributed by atoms with Crippen molar-refractivity contribution in [3.63, 3.8) is 0 Å². The fraction of sp³-hybridized carbons (Fsp3) is 0.167. The zero-order chi connectivity index (χ0) is 11.2. The molecule has 0 aliphatic carbocycles. The molecule has 0 bridgehead atoms. The largest absolute Gasteiger partial charge is 0.466 e. The highest BCUT2D eigenvalue weighted by Crippen LogP contribution is 2.13. The quantitative estimate of drug-likeness (QED) is 0.434. The van der Waals surface area contributed by atoms with Gasteiger partial charge in [0.1, 0.15) is 11.5 Å². The molecule has 0 N–H and O–H groups in total. The minimum Gasteiger partial charge on any atom is -0.466 e. The molecule has 0 atom stereocenters. The minimum atomic E-state index is 0.269. The lowest BCUT2D eigenvalue weighted by Gasteiger charge is -1.96. The maximum absolute atomic E-state index is 8.19. The average Bonchev–Trinajstić information content (AvgIpc) is 2.75. The molecular weight excluding hydrogens is 202 g/mol. The van der Waals surface area contributed by atoms with E-state index in [1.54, 1.807) is 0 Å². The predicted molar refractivity (Wildman–Crippen MR) is 60.8 cm³/mol. The molecule has 2 rings (SSSR count). The first-order valence-corrected chi connectivity index (χ1v) is 5.01. The van der Waals surface area contributed by atoms with Gasteiger partial charge >= 0.3 is 0 Å². The lowest BCUT2D eigenvalue weighted by atomic mass is 10.1. The van der Waals surface area contributed by atoms with Crippen molar-refractivity contribution in [2.24, 2.45) is 5.11 Å². The average molecular weight is 213 g/mol. The van der Waals surface area contributed by atoms with Gasteiger partial charge in [0.25, 0.3) is 0 Å². The molecule has 0 unspecified atom stereocenters. The van der Waals surface area contributed by atoms with Crippen LogP contribution in [0.4, 0.5) is 0 Å². The summed E-state index contributed by atoms with van der Waals surface area (Å²) in [7, 11) is 0. The number of hydrogen-bond donors (Lipinski definition) is 0. The van der Waals surface area contributed by atoms with E-state index in [0.29, 0.717) is 5.76 Å². The number of hydrogen-bond acceptors (Lipinski definition) is 2. The van der Waals surface area contributed by atoms with Gasteiger partial charge in [0.05, 0.1) is 6.54 Å². The Kier molecular flexibility index (Phi) is 3.26. The smallest absolute Gasteiger partial charge is 0.110 e. The Balaban J connectivity index is 2.05. The molecule has 16 heavy (non-hydrogen) atoms. The minimum absolute atomic E-state index is 0.269. The molecule has 1 aromatic carbocycles. The van der Waals surface area contributed by atoms with Gasteiger partial charge in [-0.2, -0.15) is 0 Å². The van der Waals surface area contributed by atoms with Crippen LogP contribution in [0.5, 0.6) is 0 Å². The van der Waals surface area contributed by atoms with Crippen LogP contribution in [0, 0.1) is 0 Å². The number of benzene rings is 1. The molecule has 0 spiro atoms. The molecule has 1 aromatic heterocycles. The van der Waals surface area contributed by atoms with Gasteiger partial charge in [-0.1, -0.05) is 35.4 Å². The van der Waals surface area contributed by atoms with E-state index in [1.807, 2.05) is 30.3 Å². The molecule has 4 nitrogen and oxygen atoms in total. The van der Waals surface area contributed by atoms with Crippen LogP contribution in [0.3, 0.4) is 0 Å². The Morgan fingerprint density at radius 1 is 1.06 bits per heavy atom. The number of azide groups is 1. The Morgan fingerprint density at radius 3 is 2.56 bits per heavy atom. The summed E-state index contributed by atoms with van der Waals surface area (Å²) in [5.74, 6) is 1.58. The van der Waals surface area contributed by atoms with Gasteiger partial charge in [-0.05, 0) is 23.2 Å². The maximum atomic E-state index is 8.19. The van der Waals surface area contributed by atoms with Crippen LogP contribution in [-0.4, -0.2) is 0 Å². The molecular formula is C12H11N3O. The van der Waals surface area contributed by atoms with Crippen molar-refractivity contribution in [3.05, 3.63) is 70.0 Å². The maximum Gasteiger partial charge on any atom is 0.110 e. The van der Waals surface area contributed by atoms with Crippen LogP contribution in [0.25, 0.3) is 10.4 Å². The standard InChI is InChI=1S/C12H11N3O/c13-15-14-9-12-7-6-11(16-12)8-10-4-2-1-3-5-10/h1-7H,8-9H2. The number of nitrogens with zero attached hydrogens (tertiary/aromatic N) is 3. The molecule has 0 saturated heterocycles. The first kappa shape index (κ1) is 10.3. The summed E-state index contributed by atoms with van der Waals surface area (Å²) in [5, 5.41) is 3.45. The molecule has 1 heterocycles. The van der Waals surface area contributed by atoms with Gasteiger partial charge in [-0.15, -0.1) is 0 Å². The van der Waals surface area contributed by atoms with Crippen molar-refractivity contribution in [3.8, 4) is 0 Å².